The number of hydrogen-bond donors (Lipinski definition) is 3. The number of likely N-dealkylation sites (tertiary alicyclic amines) is 1. The molecule has 638 valence electrons. The molecule has 0 aliphatic carbocycles. The Morgan fingerprint density at radius 3 is 1.09 bits per heavy atom. The lowest BCUT2D eigenvalue weighted by atomic mass is 9.93. The Balaban J connectivity index is 1.54. The SMILES string of the molecule is CCC(C)[C@@H](C(=O)N(C)[C@@H](C)C(=O)N(C)[C@H](C(=O)N(C)[C@H](C(=O)N(C)[C@H](C(=O)N(C)[C@H](C(=O)N(C)[C@@H](C)C(=O)N(C)[C@H](C(=O)N(C)[C@H](C(=O)N(C)[C@H]1CSSC[C@@H](C(=O)N[C@H](CO)Cc2ccccc2)N(C)C1=O)C(C)C)C(C)C)C(C)C)C(C)C)C(C)C)C(C)C)N(C)C(=O)[C@H](Cc1ccccc1)NC(=O)[C@@H]1CCC(=O)N1C. The fourth-order valence-electron chi connectivity index (χ4n) is 15.6. The van der Waals surface area contributed by atoms with Gasteiger partial charge in [-0.3, -0.25) is 67.1 Å². The molecule has 4 rings (SSSR count). The van der Waals surface area contributed by atoms with Crippen molar-refractivity contribution in [1.29, 1.82) is 0 Å². The van der Waals surface area contributed by atoms with E-state index in [2.05, 4.69) is 10.6 Å². The van der Waals surface area contributed by atoms with Crippen molar-refractivity contribution in [2.45, 2.75) is 227 Å². The number of carbonyl (C=O) groups is 14. The highest BCUT2D eigenvalue weighted by Crippen LogP contribution is 2.32. The second-order valence-electron chi connectivity index (χ2n) is 33.2. The number of amides is 14. The number of nitrogens with one attached hydrogen (secondary N) is 2. The summed E-state index contributed by atoms with van der Waals surface area (Å²) in [7, 11) is 20.4. The molecule has 2 heterocycles. The van der Waals surface area contributed by atoms with Crippen LogP contribution in [-0.2, 0) is 80.0 Å². The van der Waals surface area contributed by atoms with Gasteiger partial charge in [0.25, 0.3) is 0 Å². The zero-order valence-electron chi connectivity index (χ0n) is 72.9. The van der Waals surface area contributed by atoms with Crippen LogP contribution in [0.4, 0.5) is 0 Å². The quantitative estimate of drug-likeness (QED) is 0.0780. The summed E-state index contributed by atoms with van der Waals surface area (Å²) < 4.78 is 0. The molecule has 2 aliphatic heterocycles. The predicted molar refractivity (Wildman–Crippen MR) is 444 cm³/mol. The summed E-state index contributed by atoms with van der Waals surface area (Å²) in [6.45, 7) is 27.4. The Kier molecular flexibility index (Phi) is 37.5. The molecule has 2 aliphatic rings. The number of rotatable bonds is 37. The lowest BCUT2D eigenvalue weighted by Gasteiger charge is -2.43. The van der Waals surface area contributed by atoms with Gasteiger partial charge >= 0.3 is 0 Å². The van der Waals surface area contributed by atoms with Crippen LogP contribution in [0.15, 0.2) is 60.7 Å². The molecule has 0 aromatic heterocycles. The van der Waals surface area contributed by atoms with E-state index in [0.717, 1.165) is 11.1 Å². The van der Waals surface area contributed by atoms with E-state index >= 15 is 24.0 Å². The molecule has 15 atom stereocenters. The first-order chi connectivity index (χ1) is 53.1. The van der Waals surface area contributed by atoms with Crippen LogP contribution < -0.4 is 10.6 Å². The second kappa shape index (κ2) is 43.6. The second-order valence-corrected chi connectivity index (χ2v) is 35.8. The van der Waals surface area contributed by atoms with Crippen LogP contribution in [0, 0.1) is 41.4 Å². The molecule has 1 unspecified atom stereocenters. The third-order valence-electron chi connectivity index (χ3n) is 23.0. The van der Waals surface area contributed by atoms with Gasteiger partial charge in [0.2, 0.25) is 82.7 Å². The number of hydrogen-bond acceptors (Lipinski definition) is 17. The maximum atomic E-state index is 15.3. The van der Waals surface area contributed by atoms with Gasteiger partial charge < -0.3 is 74.5 Å². The molecular formula is C83H134N14O15S2. The highest BCUT2D eigenvalue weighted by atomic mass is 33.1. The van der Waals surface area contributed by atoms with E-state index in [4.69, 9.17) is 0 Å². The van der Waals surface area contributed by atoms with Gasteiger partial charge in [-0.05, 0) is 79.2 Å². The van der Waals surface area contributed by atoms with Crippen LogP contribution in [-0.4, -0.2) is 334 Å². The molecule has 14 amide bonds. The maximum absolute atomic E-state index is 15.3. The zero-order chi connectivity index (χ0) is 86.8. The number of benzene rings is 2. The highest BCUT2D eigenvalue weighted by molar-refractivity contribution is 8.76. The zero-order valence-corrected chi connectivity index (χ0v) is 74.5. The Labute approximate surface area is 685 Å². The molecular weight excluding hydrogens is 1500 g/mol. The first-order valence-electron chi connectivity index (χ1n) is 39.8. The van der Waals surface area contributed by atoms with Crippen molar-refractivity contribution in [3.63, 3.8) is 0 Å². The van der Waals surface area contributed by atoms with E-state index < -0.39 is 203 Å². The Morgan fingerprint density at radius 1 is 0.412 bits per heavy atom. The predicted octanol–water partition coefficient (Wildman–Crippen LogP) is 4.57. The van der Waals surface area contributed by atoms with Crippen molar-refractivity contribution in [3.8, 4) is 0 Å². The number of nitrogens with zero attached hydrogens (tertiary/aromatic N) is 12. The van der Waals surface area contributed by atoms with Crippen molar-refractivity contribution in [2.24, 2.45) is 41.4 Å². The van der Waals surface area contributed by atoms with Gasteiger partial charge in [-0.25, -0.2) is 0 Å². The molecule has 2 saturated heterocycles. The lowest BCUT2D eigenvalue weighted by molar-refractivity contribution is -0.160. The average molecular weight is 1630 g/mol. The molecule has 31 heteroatoms. The largest absolute Gasteiger partial charge is 0.394 e. The molecule has 114 heavy (non-hydrogen) atoms. The molecule has 2 aromatic rings. The van der Waals surface area contributed by atoms with E-state index in [9.17, 15) is 48.3 Å². The Bertz CT molecular complexity index is 3670. The Hall–Kier alpha value is -8.32. The molecule has 0 spiro atoms. The van der Waals surface area contributed by atoms with E-state index in [-0.39, 0.29) is 43.3 Å². The van der Waals surface area contributed by atoms with Gasteiger partial charge in [0, 0.05) is 109 Å². The third-order valence-corrected chi connectivity index (χ3v) is 25.4. The third kappa shape index (κ3) is 23.5. The summed E-state index contributed by atoms with van der Waals surface area (Å²) in [5, 5.41) is 16.0. The van der Waals surface area contributed by atoms with Gasteiger partial charge in [0.05, 0.1) is 12.6 Å². The van der Waals surface area contributed by atoms with Crippen LogP contribution >= 0.6 is 21.6 Å². The summed E-state index contributed by atoms with van der Waals surface area (Å²) in [4.78, 5) is 220. The number of likely N-dealkylation sites (N-methyl/N-ethyl adjacent to an activating group) is 12. The van der Waals surface area contributed by atoms with E-state index in [1.807, 2.05) is 74.5 Å². The molecule has 3 N–H and O–H groups in total. The molecule has 2 aromatic carbocycles. The molecule has 0 bridgehead atoms. The summed E-state index contributed by atoms with van der Waals surface area (Å²) in [6.07, 6.45) is 1.36. The minimum atomic E-state index is -1.22. The number of carbonyl (C=O) groups excluding carboxylic acids is 14. The highest BCUT2D eigenvalue weighted by Gasteiger charge is 2.49. The van der Waals surface area contributed by atoms with Gasteiger partial charge in [-0.2, -0.15) is 0 Å². The van der Waals surface area contributed by atoms with Crippen molar-refractivity contribution in [1.82, 2.24) is 69.4 Å². The van der Waals surface area contributed by atoms with Crippen molar-refractivity contribution < 1.29 is 72.2 Å². The standard InChI is InChI=1S/C83H134N14O15S2/c1-29-53(14)70(97(28)75(104)59(43-57-38-34-31-35-39-57)85-71(100)60-40-41-63(99)88(60)19)83(112)87(18)55(16)74(103)92(23)67(50(8)9)80(109)95(26)69(52(12)13)82(111)96(27)68(51(10)11)81(110)93(24)64(47(2)3)77(106)86(17)54(15)73(102)91(22)66(49(6)7)79(108)94(25)65(48(4)5)78(107)90(21)62-46-114-113-45-61(89(20)76(62)105)72(101)84-58(44-98)42-56-36-32-30-33-37-56/h30-39,47-55,58-62,64-70,98H,29,40-46H2,1-28H3,(H,84,101)(H,85,100)/t53?,54-,55-,58-,59-,60-,61-,62-,64-,65-,66-,67-,68-,69-,70-/m0/s1. The van der Waals surface area contributed by atoms with Gasteiger partial charge in [0.1, 0.15) is 78.5 Å². The smallest absolute Gasteiger partial charge is 0.246 e. The monoisotopic (exact) mass is 1630 g/mol. The topological polar surface area (TPSA) is 322 Å². The maximum Gasteiger partial charge on any atom is 0.246 e. The van der Waals surface area contributed by atoms with Gasteiger partial charge in [-0.1, -0.05) is 186 Å². The summed E-state index contributed by atoms with van der Waals surface area (Å²) in [6, 6.07) is 3.30. The van der Waals surface area contributed by atoms with Crippen molar-refractivity contribution in [2.75, 3.05) is 103 Å². The van der Waals surface area contributed by atoms with Crippen LogP contribution in [0.5, 0.6) is 0 Å². The van der Waals surface area contributed by atoms with Crippen LogP contribution in [0.2, 0.25) is 0 Å². The normalized spacial score (nSPS) is 18.5. The molecule has 29 nitrogen and oxygen atoms in total. The van der Waals surface area contributed by atoms with E-state index in [1.165, 1.54) is 172 Å². The van der Waals surface area contributed by atoms with Crippen LogP contribution in [0.25, 0.3) is 0 Å². The van der Waals surface area contributed by atoms with Crippen molar-refractivity contribution >= 4 is 104 Å². The summed E-state index contributed by atoms with van der Waals surface area (Å²) in [5.74, 6) is -10.9. The number of aliphatic hydroxyl groups excluding tert-OH is 1. The van der Waals surface area contributed by atoms with Crippen LogP contribution in [0.1, 0.15) is 141 Å². The van der Waals surface area contributed by atoms with Crippen molar-refractivity contribution in [3.05, 3.63) is 71.8 Å². The first-order valence-corrected chi connectivity index (χ1v) is 42.3. The van der Waals surface area contributed by atoms with E-state index in [0.29, 0.717) is 12.8 Å². The molecule has 0 radical (unpaired) electrons. The lowest BCUT2D eigenvalue weighted by Crippen LogP contribution is -2.63. The van der Waals surface area contributed by atoms with E-state index in [1.54, 1.807) is 90.1 Å². The first kappa shape index (κ1) is 98.0. The average Bonchev–Trinajstić information content (AvgIpc) is 0.908. The fourth-order valence-corrected chi connectivity index (χ4v) is 18.2. The molecule has 0 saturated carbocycles. The van der Waals surface area contributed by atoms with Gasteiger partial charge in [0.15, 0.2) is 0 Å². The summed E-state index contributed by atoms with van der Waals surface area (Å²) in [5.41, 5.74) is 1.65. The summed E-state index contributed by atoms with van der Waals surface area (Å²) >= 11 is 0. The Morgan fingerprint density at radius 2 is 0.737 bits per heavy atom. The minimum absolute atomic E-state index is 0.0842. The van der Waals surface area contributed by atoms with Gasteiger partial charge in [-0.15, -0.1) is 0 Å². The minimum Gasteiger partial charge on any atom is -0.394 e. The fraction of sp³-hybridized carbons (Fsp3) is 0.687. The number of aliphatic hydroxyl groups is 1. The van der Waals surface area contributed by atoms with Crippen LogP contribution in [0.3, 0.4) is 0 Å². The molecule has 2 fully saturated rings.